The van der Waals surface area contributed by atoms with Crippen LogP contribution < -0.4 is 5.32 Å². The van der Waals surface area contributed by atoms with Crippen LogP contribution in [-0.4, -0.2) is 48.8 Å². The summed E-state index contributed by atoms with van der Waals surface area (Å²) in [4.78, 5) is 12.9. The van der Waals surface area contributed by atoms with Crippen LogP contribution in [0.5, 0.6) is 0 Å². The first-order chi connectivity index (χ1) is 8.65. The van der Waals surface area contributed by atoms with E-state index < -0.39 is 11.5 Å². The maximum Gasteiger partial charge on any atom is 0.328 e. The van der Waals surface area contributed by atoms with Crippen molar-refractivity contribution < 1.29 is 14.6 Å². The van der Waals surface area contributed by atoms with Crippen LogP contribution in [0.4, 0.5) is 0 Å². The Morgan fingerprint density at radius 3 is 2.42 bits per heavy atom. The van der Waals surface area contributed by atoms with Crippen molar-refractivity contribution in [3.8, 4) is 0 Å². The van der Waals surface area contributed by atoms with Crippen molar-refractivity contribution >= 4 is 5.97 Å². The molecule has 0 bridgehead atoms. The number of allylic oxidation sites excluding steroid dienone is 2. The number of likely N-dealkylation sites (N-methyl/N-ethyl adjacent to an activating group) is 1. The second-order valence-electron chi connectivity index (χ2n) is 5.03. The average Bonchev–Trinajstić information content (AvgIpc) is 2.25. The molecule has 0 aliphatic heterocycles. The van der Waals surface area contributed by atoms with E-state index in [1.54, 1.807) is 26.0 Å². The van der Waals surface area contributed by atoms with E-state index >= 15 is 0 Å². The second kappa shape index (κ2) is 7.63. The summed E-state index contributed by atoms with van der Waals surface area (Å²) in [5, 5.41) is 11.8. The first-order valence-corrected chi connectivity index (χ1v) is 6.00. The van der Waals surface area contributed by atoms with E-state index in [1.165, 1.54) is 0 Å². The third-order valence-electron chi connectivity index (χ3n) is 2.30. The summed E-state index contributed by atoms with van der Waals surface area (Å²) in [6.07, 6.45) is 3.30. The molecule has 5 heteroatoms. The van der Waals surface area contributed by atoms with E-state index in [1.807, 2.05) is 19.0 Å². The minimum Gasteiger partial charge on any atom is -0.493 e. The number of hydrogen-bond donors (Lipinski definition) is 2. The molecule has 108 valence electrons. The normalized spacial score (nSPS) is 11.6. The molecule has 0 aromatic heterocycles. The SMILES string of the molecule is C=C(/C=C\C(=C)OCCN(C)C)NC(C)(C)C(=O)O. The largest absolute Gasteiger partial charge is 0.493 e. The van der Waals surface area contributed by atoms with Crippen LogP contribution in [0.15, 0.2) is 36.8 Å². The average molecular weight is 268 g/mol. The highest BCUT2D eigenvalue weighted by molar-refractivity contribution is 5.78. The van der Waals surface area contributed by atoms with Gasteiger partial charge in [-0.25, -0.2) is 4.79 Å². The monoisotopic (exact) mass is 268 g/mol. The van der Waals surface area contributed by atoms with E-state index in [2.05, 4.69) is 18.5 Å². The minimum absolute atomic E-state index is 0.491. The lowest BCUT2D eigenvalue weighted by atomic mass is 10.1. The van der Waals surface area contributed by atoms with E-state index in [9.17, 15) is 4.79 Å². The zero-order valence-electron chi connectivity index (χ0n) is 12.2. The van der Waals surface area contributed by atoms with Crippen LogP contribution in [0, 0.1) is 0 Å². The van der Waals surface area contributed by atoms with Crippen LogP contribution >= 0.6 is 0 Å². The van der Waals surface area contributed by atoms with Crippen molar-refractivity contribution in [2.75, 3.05) is 27.2 Å². The van der Waals surface area contributed by atoms with Gasteiger partial charge in [-0.05, 0) is 40.1 Å². The zero-order chi connectivity index (χ0) is 15.1. The van der Waals surface area contributed by atoms with E-state index in [-0.39, 0.29) is 0 Å². The Bertz CT molecular complexity index is 371. The van der Waals surface area contributed by atoms with Crippen LogP contribution in [0.3, 0.4) is 0 Å². The Morgan fingerprint density at radius 1 is 1.37 bits per heavy atom. The lowest BCUT2D eigenvalue weighted by Gasteiger charge is -2.22. The molecular formula is C14H24N2O3. The molecule has 0 saturated carbocycles. The molecule has 0 heterocycles. The molecule has 0 aromatic carbocycles. The van der Waals surface area contributed by atoms with E-state index in [0.717, 1.165) is 6.54 Å². The topological polar surface area (TPSA) is 61.8 Å². The second-order valence-corrected chi connectivity index (χ2v) is 5.03. The van der Waals surface area contributed by atoms with Gasteiger partial charge < -0.3 is 20.1 Å². The molecule has 2 N–H and O–H groups in total. The highest BCUT2D eigenvalue weighted by Crippen LogP contribution is 2.06. The fourth-order valence-corrected chi connectivity index (χ4v) is 1.10. The Hall–Kier alpha value is -1.75. The molecule has 0 fully saturated rings. The van der Waals surface area contributed by atoms with Gasteiger partial charge in [0.2, 0.25) is 0 Å². The van der Waals surface area contributed by atoms with Crippen LogP contribution in [-0.2, 0) is 9.53 Å². The van der Waals surface area contributed by atoms with Gasteiger partial charge in [-0.3, -0.25) is 0 Å². The predicted octanol–water partition coefficient (Wildman–Crippen LogP) is 1.60. The zero-order valence-corrected chi connectivity index (χ0v) is 12.2. The molecule has 0 saturated heterocycles. The van der Waals surface area contributed by atoms with Crippen LogP contribution in [0.25, 0.3) is 0 Å². The molecule has 0 radical (unpaired) electrons. The number of carboxylic acids is 1. The summed E-state index contributed by atoms with van der Waals surface area (Å²) in [7, 11) is 3.92. The lowest BCUT2D eigenvalue weighted by Crippen LogP contribution is -2.45. The molecule has 19 heavy (non-hydrogen) atoms. The quantitative estimate of drug-likeness (QED) is 0.491. The highest BCUT2D eigenvalue weighted by atomic mass is 16.5. The van der Waals surface area contributed by atoms with Gasteiger partial charge in [0.15, 0.2) is 0 Å². The molecule has 0 amide bonds. The summed E-state index contributed by atoms with van der Waals surface area (Å²) in [5.74, 6) is -0.430. The fraction of sp³-hybridized carbons (Fsp3) is 0.500. The first kappa shape index (κ1) is 17.2. The van der Waals surface area contributed by atoms with Gasteiger partial charge in [0.25, 0.3) is 0 Å². The smallest absolute Gasteiger partial charge is 0.328 e. The molecule has 0 unspecified atom stereocenters. The molecule has 0 atom stereocenters. The summed E-state index contributed by atoms with van der Waals surface area (Å²) in [6, 6.07) is 0. The summed E-state index contributed by atoms with van der Waals surface area (Å²) in [6.45, 7) is 12.0. The molecule has 0 aliphatic carbocycles. The Balaban J connectivity index is 4.15. The number of carboxylic acid groups (broad SMARTS) is 1. The number of nitrogens with zero attached hydrogens (tertiary/aromatic N) is 1. The van der Waals surface area contributed by atoms with Gasteiger partial charge in [0.05, 0.1) is 0 Å². The number of aliphatic carboxylic acids is 1. The van der Waals surface area contributed by atoms with E-state index in [0.29, 0.717) is 18.1 Å². The number of hydrogen-bond acceptors (Lipinski definition) is 4. The van der Waals surface area contributed by atoms with Crippen LogP contribution in [0.1, 0.15) is 13.8 Å². The fourth-order valence-electron chi connectivity index (χ4n) is 1.10. The van der Waals surface area contributed by atoms with Gasteiger partial charge in [-0.2, -0.15) is 0 Å². The van der Waals surface area contributed by atoms with Crippen molar-refractivity contribution in [2.24, 2.45) is 0 Å². The molecule has 0 aromatic rings. The third kappa shape index (κ3) is 8.05. The maximum absolute atomic E-state index is 10.9. The molecular weight excluding hydrogens is 244 g/mol. The Labute approximate surface area is 115 Å². The number of carbonyl (C=O) groups is 1. The number of ether oxygens (including phenoxy) is 1. The summed E-state index contributed by atoms with van der Waals surface area (Å²) in [5.41, 5.74) is -0.570. The van der Waals surface area contributed by atoms with Gasteiger partial charge in [-0.15, -0.1) is 0 Å². The summed E-state index contributed by atoms with van der Waals surface area (Å²) < 4.78 is 5.37. The summed E-state index contributed by atoms with van der Waals surface area (Å²) >= 11 is 0. The Kier molecular flexibility index (Phi) is 6.93. The highest BCUT2D eigenvalue weighted by Gasteiger charge is 2.26. The van der Waals surface area contributed by atoms with Crippen molar-refractivity contribution in [1.29, 1.82) is 0 Å². The van der Waals surface area contributed by atoms with Crippen molar-refractivity contribution in [3.63, 3.8) is 0 Å². The first-order valence-electron chi connectivity index (χ1n) is 6.00. The molecule has 0 aliphatic rings. The van der Waals surface area contributed by atoms with Crippen LogP contribution in [0.2, 0.25) is 0 Å². The molecule has 0 rings (SSSR count). The molecule has 0 spiro atoms. The third-order valence-corrected chi connectivity index (χ3v) is 2.30. The maximum atomic E-state index is 10.9. The van der Waals surface area contributed by atoms with Gasteiger partial charge in [-0.1, -0.05) is 13.2 Å². The minimum atomic E-state index is -1.06. The number of nitrogens with one attached hydrogen (secondary N) is 1. The Morgan fingerprint density at radius 2 is 1.95 bits per heavy atom. The standard InChI is InChI=1S/C14H24N2O3/c1-11(15-14(3,4)13(17)18)7-8-12(2)19-10-9-16(5)6/h7-8,15H,1-2,9-10H2,3-6H3,(H,17,18)/b8-7-. The van der Waals surface area contributed by atoms with E-state index in [4.69, 9.17) is 9.84 Å². The number of rotatable bonds is 9. The van der Waals surface area contributed by atoms with Crippen molar-refractivity contribution in [3.05, 3.63) is 36.8 Å². The van der Waals surface area contributed by atoms with Crippen molar-refractivity contribution in [1.82, 2.24) is 10.2 Å². The van der Waals surface area contributed by atoms with Gasteiger partial charge in [0.1, 0.15) is 17.9 Å². The van der Waals surface area contributed by atoms with Gasteiger partial charge in [0, 0.05) is 12.2 Å². The van der Waals surface area contributed by atoms with Crippen molar-refractivity contribution in [2.45, 2.75) is 19.4 Å². The van der Waals surface area contributed by atoms with Gasteiger partial charge >= 0.3 is 5.97 Å². The lowest BCUT2D eigenvalue weighted by molar-refractivity contribution is -0.143. The predicted molar refractivity (Wildman–Crippen MR) is 76.8 cm³/mol. The molecule has 5 nitrogen and oxygen atoms in total.